The zero-order valence-corrected chi connectivity index (χ0v) is 8.20. The average Bonchev–Trinajstić information content (AvgIpc) is 2.34. The molecular formula is C8H14N2O4. The highest BCUT2D eigenvalue weighted by molar-refractivity contribution is 5.96. The van der Waals surface area contributed by atoms with E-state index in [0.29, 0.717) is 6.61 Å². The summed E-state index contributed by atoms with van der Waals surface area (Å²) in [7, 11) is 0. The van der Waals surface area contributed by atoms with E-state index >= 15 is 0 Å². The molecule has 1 aliphatic rings. The van der Waals surface area contributed by atoms with E-state index < -0.39 is 6.04 Å². The molecule has 0 spiro atoms. The number of nitrogens with two attached hydrogens (primary N) is 1. The fourth-order valence-electron chi connectivity index (χ4n) is 0.705. The SMILES string of the molecule is CC(=O)CC(C)=O.N[C@@H]1CONC1=O. The van der Waals surface area contributed by atoms with Crippen LogP contribution in [0.15, 0.2) is 0 Å². The number of carbonyl (C=O) groups excluding carboxylic acids is 3. The van der Waals surface area contributed by atoms with E-state index in [1.54, 1.807) is 0 Å². The molecule has 3 N–H and O–H groups in total. The summed E-state index contributed by atoms with van der Waals surface area (Å²) in [5.74, 6) is -0.361. The van der Waals surface area contributed by atoms with Gasteiger partial charge in [-0.2, -0.15) is 0 Å². The van der Waals surface area contributed by atoms with Crippen molar-refractivity contribution < 1.29 is 19.2 Å². The van der Waals surface area contributed by atoms with Gasteiger partial charge >= 0.3 is 0 Å². The third kappa shape index (κ3) is 6.27. The van der Waals surface area contributed by atoms with Crippen LogP contribution >= 0.6 is 0 Å². The highest BCUT2D eigenvalue weighted by Crippen LogP contribution is 1.87. The standard InChI is InChI=1S/C5H8O2.C3H6N2O2/c1-4(6)3-5(2)7;4-2-1-7-5-3(2)6/h3H2,1-2H3;2H,1,4H2,(H,5,6)/t;2-/m.1/s1. The number of hydroxylamine groups is 1. The Morgan fingerprint density at radius 2 is 2.00 bits per heavy atom. The van der Waals surface area contributed by atoms with Crippen LogP contribution in [0, 0.1) is 0 Å². The molecular weight excluding hydrogens is 188 g/mol. The second kappa shape index (κ2) is 6.22. The molecule has 1 aliphatic heterocycles. The molecule has 14 heavy (non-hydrogen) atoms. The molecule has 0 saturated carbocycles. The van der Waals surface area contributed by atoms with E-state index in [1.807, 2.05) is 0 Å². The number of ketones is 2. The van der Waals surface area contributed by atoms with Gasteiger partial charge in [0, 0.05) is 0 Å². The zero-order chi connectivity index (χ0) is 11.1. The van der Waals surface area contributed by atoms with Crippen LogP contribution in [-0.2, 0) is 19.2 Å². The molecule has 0 bridgehead atoms. The van der Waals surface area contributed by atoms with Crippen molar-refractivity contribution in [3.63, 3.8) is 0 Å². The predicted molar refractivity (Wildman–Crippen MR) is 48.0 cm³/mol. The van der Waals surface area contributed by atoms with Crippen LogP contribution in [0.1, 0.15) is 20.3 Å². The van der Waals surface area contributed by atoms with Gasteiger partial charge in [0.15, 0.2) is 0 Å². The van der Waals surface area contributed by atoms with Crippen LogP contribution in [0.5, 0.6) is 0 Å². The molecule has 1 heterocycles. The summed E-state index contributed by atoms with van der Waals surface area (Å²) in [6.07, 6.45) is 0.0833. The van der Waals surface area contributed by atoms with Crippen molar-refractivity contribution in [2.24, 2.45) is 5.73 Å². The summed E-state index contributed by atoms with van der Waals surface area (Å²) in [6, 6.07) is -0.458. The summed E-state index contributed by atoms with van der Waals surface area (Å²) in [5, 5.41) is 0. The van der Waals surface area contributed by atoms with Crippen molar-refractivity contribution in [2.45, 2.75) is 26.3 Å². The van der Waals surface area contributed by atoms with Gasteiger partial charge in [-0.25, -0.2) is 5.48 Å². The lowest BCUT2D eigenvalue weighted by atomic mass is 10.2. The summed E-state index contributed by atoms with van der Waals surface area (Å²) in [5.41, 5.74) is 7.25. The number of nitrogens with one attached hydrogen (secondary N) is 1. The Morgan fingerprint density at radius 3 is 2.07 bits per heavy atom. The molecule has 6 heteroatoms. The third-order valence-electron chi connectivity index (χ3n) is 1.27. The maximum absolute atomic E-state index is 10.2. The number of amides is 1. The lowest BCUT2D eigenvalue weighted by Crippen LogP contribution is -2.31. The summed E-state index contributed by atoms with van der Waals surface area (Å²) in [4.78, 5) is 34.7. The first-order valence-electron chi connectivity index (χ1n) is 4.09. The summed E-state index contributed by atoms with van der Waals surface area (Å²) in [6.45, 7) is 3.10. The van der Waals surface area contributed by atoms with E-state index in [4.69, 9.17) is 5.73 Å². The van der Waals surface area contributed by atoms with Crippen LogP contribution in [0.4, 0.5) is 0 Å². The molecule has 0 unspecified atom stereocenters. The molecule has 6 nitrogen and oxygen atoms in total. The Kier molecular flexibility index (Phi) is 5.66. The Bertz CT molecular complexity index is 227. The predicted octanol–water partition coefficient (Wildman–Crippen LogP) is -1.07. The summed E-state index contributed by atoms with van der Waals surface area (Å²) < 4.78 is 0. The van der Waals surface area contributed by atoms with Crippen molar-refractivity contribution in [3.05, 3.63) is 0 Å². The van der Waals surface area contributed by atoms with Gasteiger partial charge in [-0.05, 0) is 13.8 Å². The van der Waals surface area contributed by atoms with Gasteiger partial charge in [-0.3, -0.25) is 19.2 Å². The van der Waals surface area contributed by atoms with Gasteiger partial charge in [0.05, 0.1) is 13.0 Å². The van der Waals surface area contributed by atoms with Crippen LogP contribution in [0.2, 0.25) is 0 Å². The molecule has 1 saturated heterocycles. The summed E-state index contributed by atoms with van der Waals surface area (Å²) >= 11 is 0. The molecule has 0 aliphatic carbocycles. The first-order valence-corrected chi connectivity index (χ1v) is 4.09. The monoisotopic (exact) mass is 202 g/mol. The minimum absolute atomic E-state index is 0.0625. The van der Waals surface area contributed by atoms with Crippen LogP contribution < -0.4 is 11.2 Å². The molecule has 0 aromatic carbocycles. The number of hydrogen-bond acceptors (Lipinski definition) is 5. The maximum Gasteiger partial charge on any atom is 0.262 e. The molecule has 1 atom stereocenters. The van der Waals surface area contributed by atoms with Crippen molar-refractivity contribution in [1.82, 2.24) is 5.48 Å². The third-order valence-corrected chi connectivity index (χ3v) is 1.27. The van der Waals surface area contributed by atoms with Crippen LogP contribution in [0.25, 0.3) is 0 Å². The average molecular weight is 202 g/mol. The number of rotatable bonds is 2. The highest BCUT2D eigenvalue weighted by atomic mass is 16.7. The molecule has 1 amide bonds. The number of hydrogen-bond donors (Lipinski definition) is 2. The van der Waals surface area contributed by atoms with Crippen molar-refractivity contribution >= 4 is 17.5 Å². The first-order chi connectivity index (χ1) is 6.43. The second-order valence-corrected chi connectivity index (χ2v) is 2.96. The van der Waals surface area contributed by atoms with Crippen molar-refractivity contribution in [2.75, 3.05) is 6.61 Å². The van der Waals surface area contributed by atoms with E-state index in [2.05, 4.69) is 10.3 Å². The van der Waals surface area contributed by atoms with Gasteiger partial charge in [-0.15, -0.1) is 0 Å². The van der Waals surface area contributed by atoms with Crippen LogP contribution in [0.3, 0.4) is 0 Å². The van der Waals surface area contributed by atoms with Gasteiger partial charge in [-0.1, -0.05) is 0 Å². The van der Waals surface area contributed by atoms with Gasteiger partial charge in [0.2, 0.25) is 0 Å². The highest BCUT2D eigenvalue weighted by Gasteiger charge is 2.19. The number of carbonyl (C=O) groups is 3. The van der Waals surface area contributed by atoms with E-state index in [1.165, 1.54) is 13.8 Å². The van der Waals surface area contributed by atoms with E-state index in [0.717, 1.165) is 0 Å². The Labute approximate surface area is 81.7 Å². The lowest BCUT2D eigenvalue weighted by Gasteiger charge is -1.87. The Morgan fingerprint density at radius 1 is 1.50 bits per heavy atom. The Hall–Kier alpha value is -1.27. The normalized spacial score (nSPS) is 19.4. The molecule has 0 aromatic rings. The van der Waals surface area contributed by atoms with Gasteiger partial charge < -0.3 is 5.73 Å². The van der Waals surface area contributed by atoms with E-state index in [9.17, 15) is 14.4 Å². The molecule has 0 radical (unpaired) electrons. The second-order valence-electron chi connectivity index (χ2n) is 2.96. The fraction of sp³-hybridized carbons (Fsp3) is 0.625. The molecule has 1 rings (SSSR count). The van der Waals surface area contributed by atoms with Gasteiger partial charge in [0.1, 0.15) is 17.6 Å². The Balaban J connectivity index is 0.000000241. The first kappa shape index (κ1) is 12.7. The maximum atomic E-state index is 10.2. The van der Waals surface area contributed by atoms with Gasteiger partial charge in [0.25, 0.3) is 5.91 Å². The molecule has 0 aromatic heterocycles. The topological polar surface area (TPSA) is 98.5 Å². The van der Waals surface area contributed by atoms with Crippen molar-refractivity contribution in [1.29, 1.82) is 0 Å². The smallest absolute Gasteiger partial charge is 0.262 e. The minimum atomic E-state index is -0.458. The quantitative estimate of drug-likeness (QED) is 0.555. The fourth-order valence-corrected chi connectivity index (χ4v) is 0.705. The largest absolute Gasteiger partial charge is 0.318 e. The van der Waals surface area contributed by atoms with E-state index in [-0.39, 0.29) is 23.9 Å². The minimum Gasteiger partial charge on any atom is -0.318 e. The number of Topliss-reactive ketones (excluding diaryl/α,β-unsaturated/α-hetero) is 2. The zero-order valence-electron chi connectivity index (χ0n) is 8.20. The molecule has 1 fully saturated rings. The van der Waals surface area contributed by atoms with Crippen LogP contribution in [-0.4, -0.2) is 30.1 Å². The molecule has 80 valence electrons. The lowest BCUT2D eigenvalue weighted by molar-refractivity contribution is -0.125. The van der Waals surface area contributed by atoms with Crippen molar-refractivity contribution in [3.8, 4) is 0 Å².